The Morgan fingerprint density at radius 3 is 2.45 bits per heavy atom. The number of nitrogens with zero attached hydrogens (tertiary/aromatic N) is 8. The molecule has 0 radical (unpaired) electrons. The normalized spacial score (nSPS) is 17.5. The van der Waals surface area contributed by atoms with Crippen LogP contribution in [0.5, 0.6) is 0 Å². The maximum Gasteiger partial charge on any atom is 0.431 e. The third-order valence-electron chi connectivity index (χ3n) is 8.83. The van der Waals surface area contributed by atoms with Gasteiger partial charge >= 0.3 is 6.18 Å². The van der Waals surface area contributed by atoms with Gasteiger partial charge in [-0.1, -0.05) is 26.5 Å². The van der Waals surface area contributed by atoms with Gasteiger partial charge in [0.25, 0.3) is 5.56 Å². The van der Waals surface area contributed by atoms with Gasteiger partial charge in [-0.05, 0) is 43.8 Å². The van der Waals surface area contributed by atoms with Crippen molar-refractivity contribution in [1.29, 1.82) is 0 Å². The predicted molar refractivity (Wildman–Crippen MR) is 163 cm³/mol. The molecule has 0 spiro atoms. The molecule has 1 aromatic carbocycles. The van der Waals surface area contributed by atoms with Crippen LogP contribution in [0.3, 0.4) is 0 Å². The lowest BCUT2D eigenvalue weighted by molar-refractivity contribution is -0.142. The van der Waals surface area contributed by atoms with Crippen molar-refractivity contribution in [1.82, 2.24) is 34.5 Å². The van der Waals surface area contributed by atoms with Crippen LogP contribution in [-0.4, -0.2) is 104 Å². The van der Waals surface area contributed by atoms with Crippen LogP contribution in [-0.2, 0) is 6.18 Å². The standard InChI is InChI=1S/C30H36F3N9O2/c1-5-24(43)39-10-12-40(13-11-39)27-20-14-23(30(31,32)33)42(26-18(4)8-9-22-21(26)15-34-37-22)28(44)25(20)35-29(36-27)41-16-19(17-41)38(6-2)7-3/h5,8-9,14-15,19,24,43H,1,6-7,10-13,16-17H2,2-4H3,(H,34,37). The number of aromatic amines is 1. The highest BCUT2D eigenvalue weighted by Crippen LogP contribution is 2.37. The highest BCUT2D eigenvalue weighted by atomic mass is 19.4. The minimum absolute atomic E-state index is 0.0397. The van der Waals surface area contributed by atoms with Gasteiger partial charge in [0, 0.05) is 50.7 Å². The van der Waals surface area contributed by atoms with Crippen LogP contribution in [0.25, 0.3) is 27.5 Å². The molecule has 0 bridgehead atoms. The van der Waals surface area contributed by atoms with Gasteiger partial charge in [0.15, 0.2) is 0 Å². The van der Waals surface area contributed by atoms with Crippen molar-refractivity contribution in [3.63, 3.8) is 0 Å². The Morgan fingerprint density at radius 2 is 1.82 bits per heavy atom. The summed E-state index contributed by atoms with van der Waals surface area (Å²) >= 11 is 0. The molecule has 234 valence electrons. The fourth-order valence-electron chi connectivity index (χ4n) is 6.32. The first-order chi connectivity index (χ1) is 21.0. The van der Waals surface area contributed by atoms with E-state index in [9.17, 15) is 23.1 Å². The molecular weight excluding hydrogens is 575 g/mol. The number of piperazine rings is 1. The molecule has 2 N–H and O–H groups in total. The van der Waals surface area contributed by atoms with E-state index in [1.165, 1.54) is 12.3 Å². The average molecular weight is 612 g/mol. The van der Waals surface area contributed by atoms with Crippen molar-refractivity contribution in [3.8, 4) is 5.69 Å². The summed E-state index contributed by atoms with van der Waals surface area (Å²) in [7, 11) is 0. The van der Waals surface area contributed by atoms with Gasteiger partial charge in [0.2, 0.25) is 5.95 Å². The van der Waals surface area contributed by atoms with Crippen LogP contribution in [0.2, 0.25) is 0 Å². The van der Waals surface area contributed by atoms with E-state index in [4.69, 9.17) is 4.98 Å². The molecule has 2 aliphatic heterocycles. The molecule has 11 nitrogen and oxygen atoms in total. The SMILES string of the molecule is C=CC(O)N1CCN(c2nc(N3CC(N(CC)CC)C3)nc3c(=O)n(-c4c(C)ccc5[nH]ncc45)c(C(F)(F)F)cc23)CC1. The molecule has 0 aliphatic carbocycles. The van der Waals surface area contributed by atoms with Gasteiger partial charge in [-0.3, -0.25) is 24.3 Å². The zero-order valence-electron chi connectivity index (χ0n) is 25.0. The zero-order valence-corrected chi connectivity index (χ0v) is 25.0. The van der Waals surface area contributed by atoms with E-state index in [2.05, 4.69) is 40.5 Å². The quantitative estimate of drug-likeness (QED) is 0.291. The van der Waals surface area contributed by atoms with Crippen LogP contribution in [0.1, 0.15) is 25.1 Å². The van der Waals surface area contributed by atoms with E-state index in [0.717, 1.165) is 23.7 Å². The number of hydrogen-bond acceptors (Lipinski definition) is 9. The molecule has 1 atom stereocenters. The van der Waals surface area contributed by atoms with Crippen LogP contribution < -0.4 is 15.4 Å². The molecule has 6 rings (SSSR count). The number of likely N-dealkylation sites (N-methyl/N-ethyl adjacent to an activating group) is 1. The summed E-state index contributed by atoms with van der Waals surface area (Å²) in [6, 6.07) is 4.67. The number of aliphatic hydroxyl groups excluding tert-OH is 1. The summed E-state index contributed by atoms with van der Waals surface area (Å²) in [5.41, 5.74) is -0.972. The van der Waals surface area contributed by atoms with E-state index in [-0.39, 0.29) is 22.4 Å². The average Bonchev–Trinajstić information content (AvgIpc) is 3.47. The van der Waals surface area contributed by atoms with Gasteiger partial charge in [0.1, 0.15) is 23.3 Å². The summed E-state index contributed by atoms with van der Waals surface area (Å²) in [4.78, 5) is 31.7. The minimum Gasteiger partial charge on any atom is -0.375 e. The molecule has 0 saturated carbocycles. The first-order valence-corrected chi connectivity index (χ1v) is 14.8. The topological polar surface area (TPSA) is 110 Å². The molecule has 0 amide bonds. The highest BCUT2D eigenvalue weighted by molar-refractivity contribution is 5.93. The molecule has 2 saturated heterocycles. The largest absolute Gasteiger partial charge is 0.431 e. The maximum atomic E-state index is 14.8. The molecule has 5 heterocycles. The lowest BCUT2D eigenvalue weighted by Crippen LogP contribution is -2.60. The number of H-pyrrole nitrogens is 1. The molecule has 2 aliphatic rings. The Morgan fingerprint density at radius 1 is 1.11 bits per heavy atom. The molecule has 2 fully saturated rings. The maximum absolute atomic E-state index is 14.8. The van der Waals surface area contributed by atoms with E-state index < -0.39 is 23.7 Å². The summed E-state index contributed by atoms with van der Waals surface area (Å²) in [5.74, 6) is 0.586. The van der Waals surface area contributed by atoms with Gasteiger partial charge < -0.3 is 14.9 Å². The number of pyridine rings is 1. The highest BCUT2D eigenvalue weighted by Gasteiger charge is 2.39. The summed E-state index contributed by atoms with van der Waals surface area (Å²) in [5, 5.41) is 17.5. The van der Waals surface area contributed by atoms with Crippen molar-refractivity contribution in [2.75, 3.05) is 62.2 Å². The Hall–Kier alpha value is -4.01. The predicted octanol–water partition coefficient (Wildman–Crippen LogP) is 3.14. The number of rotatable bonds is 8. The number of fused-ring (bicyclic) bond motifs is 2. The van der Waals surface area contributed by atoms with Gasteiger partial charge in [-0.25, -0.2) is 4.98 Å². The van der Waals surface area contributed by atoms with Crippen molar-refractivity contribution in [3.05, 3.63) is 58.7 Å². The van der Waals surface area contributed by atoms with Crippen LogP contribution in [0.4, 0.5) is 24.9 Å². The van der Waals surface area contributed by atoms with Crippen molar-refractivity contribution in [2.45, 2.75) is 39.2 Å². The first kappa shape index (κ1) is 30.0. The second kappa shape index (κ2) is 11.5. The third-order valence-corrected chi connectivity index (χ3v) is 8.83. The van der Waals surface area contributed by atoms with Crippen LogP contribution in [0.15, 0.2) is 41.8 Å². The lowest BCUT2D eigenvalue weighted by atomic mass is 10.1. The fraction of sp³-hybridized carbons (Fsp3) is 0.467. The van der Waals surface area contributed by atoms with E-state index in [0.29, 0.717) is 67.7 Å². The van der Waals surface area contributed by atoms with Crippen LogP contribution in [0, 0.1) is 6.92 Å². The fourth-order valence-corrected chi connectivity index (χ4v) is 6.32. The lowest BCUT2D eigenvalue weighted by Gasteiger charge is -2.45. The number of anilines is 2. The number of hydrogen-bond donors (Lipinski definition) is 2. The number of aliphatic hydroxyl groups is 1. The summed E-state index contributed by atoms with van der Waals surface area (Å²) < 4.78 is 45.2. The number of alkyl halides is 3. The van der Waals surface area contributed by atoms with Crippen LogP contribution >= 0.6 is 0 Å². The zero-order chi connectivity index (χ0) is 31.3. The number of aryl methyl sites for hydroxylation is 1. The smallest absolute Gasteiger partial charge is 0.375 e. The Bertz CT molecular complexity index is 1750. The Balaban J connectivity index is 1.55. The van der Waals surface area contributed by atoms with Crippen molar-refractivity contribution in [2.24, 2.45) is 0 Å². The Labute approximate surface area is 252 Å². The molecular formula is C30H36F3N9O2. The second-order valence-electron chi connectivity index (χ2n) is 11.3. The number of nitrogens with one attached hydrogen (secondary N) is 1. The van der Waals surface area contributed by atoms with Gasteiger partial charge in [-0.15, -0.1) is 0 Å². The third kappa shape index (κ3) is 5.10. The van der Waals surface area contributed by atoms with E-state index >= 15 is 0 Å². The molecule has 1 unspecified atom stereocenters. The van der Waals surface area contributed by atoms with Gasteiger partial charge in [-0.2, -0.15) is 23.3 Å². The van der Waals surface area contributed by atoms with Gasteiger partial charge in [0.05, 0.1) is 22.8 Å². The number of aromatic nitrogens is 5. The van der Waals surface area contributed by atoms with E-state index in [1.54, 1.807) is 19.1 Å². The number of benzene rings is 1. The molecule has 14 heteroatoms. The second-order valence-corrected chi connectivity index (χ2v) is 11.3. The first-order valence-electron chi connectivity index (χ1n) is 14.8. The summed E-state index contributed by atoms with van der Waals surface area (Å²) in [6.07, 6.45) is -2.82. The molecule has 44 heavy (non-hydrogen) atoms. The molecule has 4 aromatic rings. The summed E-state index contributed by atoms with van der Waals surface area (Å²) in [6.45, 7) is 14.2. The molecule has 3 aromatic heterocycles. The Kier molecular flexibility index (Phi) is 7.84. The minimum atomic E-state index is -4.86. The van der Waals surface area contributed by atoms with E-state index in [1.807, 2.05) is 14.7 Å². The van der Waals surface area contributed by atoms with Crippen molar-refractivity contribution < 1.29 is 18.3 Å². The monoisotopic (exact) mass is 611 g/mol. The van der Waals surface area contributed by atoms with Crippen molar-refractivity contribution >= 4 is 33.6 Å². The number of halogens is 3.